The third-order valence-electron chi connectivity index (χ3n) is 14.2. The lowest BCUT2D eigenvalue weighted by molar-refractivity contribution is -0.136. The van der Waals surface area contributed by atoms with E-state index in [-0.39, 0.29) is 90.0 Å². The lowest BCUT2D eigenvalue weighted by atomic mass is 9.95. The largest absolute Gasteiger partial charge is 0.393 e. The molecule has 18 N–H and O–H groups in total. The number of amides is 9. The summed E-state index contributed by atoms with van der Waals surface area (Å²) in [4.78, 5) is 128. The van der Waals surface area contributed by atoms with Gasteiger partial charge < -0.3 is 75.9 Å². The number of carbonyl (C=O) groups excluding carboxylic acids is 9. The smallest absolute Gasteiger partial charge is 0.243 e. The number of aliphatic hydroxyl groups is 1. The normalized spacial score (nSPS) is 23.2. The van der Waals surface area contributed by atoms with Crippen LogP contribution in [0.3, 0.4) is 0 Å². The van der Waals surface area contributed by atoms with Crippen molar-refractivity contribution in [1.29, 1.82) is 0 Å². The van der Waals surface area contributed by atoms with E-state index in [2.05, 4.69) is 54.8 Å². The highest BCUT2D eigenvalue weighted by molar-refractivity contribution is 5.98. The van der Waals surface area contributed by atoms with Gasteiger partial charge in [-0.25, -0.2) is 0 Å². The molecule has 1 saturated heterocycles. The topological polar surface area (TPSA) is 386 Å². The molecule has 23 nitrogen and oxygen atoms in total. The fraction of sp³-hybridized carbons (Fsp3) is 0.625. The van der Waals surface area contributed by atoms with E-state index in [1.165, 1.54) is 0 Å². The van der Waals surface area contributed by atoms with Gasteiger partial charge in [-0.05, 0) is 112 Å². The summed E-state index contributed by atoms with van der Waals surface area (Å²) in [5.41, 5.74) is 26.4. The maximum absolute atomic E-state index is 14.6. The maximum atomic E-state index is 14.6. The molecule has 438 valence electrons. The Morgan fingerprint density at radius 1 is 0.608 bits per heavy atom. The van der Waals surface area contributed by atoms with Gasteiger partial charge in [0.1, 0.15) is 48.3 Å². The van der Waals surface area contributed by atoms with E-state index in [4.69, 9.17) is 22.9 Å². The van der Waals surface area contributed by atoms with Crippen molar-refractivity contribution < 1.29 is 48.3 Å². The predicted molar refractivity (Wildman–Crippen MR) is 299 cm³/mol. The quantitative estimate of drug-likeness (QED) is 0.0538. The average Bonchev–Trinajstić information content (AvgIpc) is 3.93. The van der Waals surface area contributed by atoms with Crippen LogP contribution in [0.2, 0.25) is 0 Å². The summed E-state index contributed by atoms with van der Waals surface area (Å²) in [5.74, 6) is -7.41. The molecule has 0 spiro atoms. The van der Waals surface area contributed by atoms with Gasteiger partial charge in [-0.1, -0.05) is 107 Å². The summed E-state index contributed by atoms with van der Waals surface area (Å²) in [6.45, 7) is 5.22. The van der Waals surface area contributed by atoms with Crippen LogP contribution in [0.15, 0.2) is 54.6 Å². The van der Waals surface area contributed by atoms with E-state index in [1.54, 1.807) is 30.3 Å². The van der Waals surface area contributed by atoms with Crippen LogP contribution in [-0.4, -0.2) is 145 Å². The second kappa shape index (κ2) is 34.5. The van der Waals surface area contributed by atoms with Gasteiger partial charge in [0.15, 0.2) is 0 Å². The van der Waals surface area contributed by atoms with Crippen molar-refractivity contribution in [2.45, 2.75) is 178 Å². The summed E-state index contributed by atoms with van der Waals surface area (Å²) in [7, 11) is 0. The molecule has 2 aliphatic rings. The zero-order valence-electron chi connectivity index (χ0n) is 46.3. The molecule has 0 bridgehead atoms. The van der Waals surface area contributed by atoms with Crippen molar-refractivity contribution in [3.05, 3.63) is 71.3 Å². The molecule has 4 rings (SSSR count). The zero-order valence-corrected chi connectivity index (χ0v) is 46.3. The highest BCUT2D eigenvalue weighted by Gasteiger charge is 2.38. The molecule has 1 heterocycles. The third kappa shape index (κ3) is 21.9. The number of carbonyl (C=O) groups is 9. The first-order valence-electron chi connectivity index (χ1n) is 28.2. The SMILES string of the molecule is CCCCCCC[C@@H](O)CC(=O)N[C@H](CCN)C(=O)N[C@H]1CCNC(=O)[C@H](C2Cc3ccccc3C2)NC(=O)[C@H](CCN)NC(=O)[C@H](CCN)NC(=O)[C@H](CC(C)C)NC(=O)[C@@H](Cc2ccccc2)NC(=O)[C@H](CCN)NC1=O. The van der Waals surface area contributed by atoms with E-state index < -0.39 is 114 Å². The summed E-state index contributed by atoms with van der Waals surface area (Å²) >= 11 is 0. The van der Waals surface area contributed by atoms with Gasteiger partial charge >= 0.3 is 0 Å². The van der Waals surface area contributed by atoms with E-state index >= 15 is 0 Å². The molecular formula is C56H89N13O10. The van der Waals surface area contributed by atoms with Crippen molar-refractivity contribution in [2.75, 3.05) is 32.7 Å². The molecule has 23 heteroatoms. The molecule has 2 aromatic carbocycles. The maximum Gasteiger partial charge on any atom is 0.243 e. The molecule has 0 aromatic heterocycles. The van der Waals surface area contributed by atoms with Crippen LogP contribution in [0.5, 0.6) is 0 Å². The number of nitrogens with two attached hydrogens (primary N) is 4. The Hall–Kier alpha value is -6.53. The van der Waals surface area contributed by atoms with Crippen LogP contribution in [0.25, 0.3) is 0 Å². The molecule has 9 amide bonds. The summed E-state index contributed by atoms with van der Waals surface area (Å²) in [6, 6.07) is 5.90. The molecule has 2 aromatic rings. The first-order chi connectivity index (χ1) is 37.9. The lowest BCUT2D eigenvalue weighted by Crippen LogP contribution is -2.61. The van der Waals surface area contributed by atoms with Crippen LogP contribution in [0.1, 0.15) is 121 Å². The molecule has 0 radical (unpaired) electrons. The van der Waals surface area contributed by atoms with Crippen LogP contribution < -0.4 is 70.8 Å². The van der Waals surface area contributed by atoms with Gasteiger partial charge in [0.05, 0.1) is 12.5 Å². The van der Waals surface area contributed by atoms with E-state index in [9.17, 15) is 48.3 Å². The number of unbranched alkanes of at least 4 members (excludes halogenated alkanes) is 4. The molecular weight excluding hydrogens is 1010 g/mol. The molecule has 0 saturated carbocycles. The molecule has 1 aliphatic carbocycles. The minimum atomic E-state index is -1.48. The van der Waals surface area contributed by atoms with Crippen molar-refractivity contribution >= 4 is 53.2 Å². The fourth-order valence-electron chi connectivity index (χ4n) is 9.89. The predicted octanol–water partition coefficient (Wildman–Crippen LogP) is -1.40. The van der Waals surface area contributed by atoms with Gasteiger partial charge in [-0.3, -0.25) is 43.2 Å². The average molecular weight is 1100 g/mol. The Kier molecular flexibility index (Phi) is 28.4. The highest BCUT2D eigenvalue weighted by atomic mass is 16.3. The highest BCUT2D eigenvalue weighted by Crippen LogP contribution is 2.29. The number of benzene rings is 2. The van der Waals surface area contributed by atoms with Crippen molar-refractivity contribution in [3.63, 3.8) is 0 Å². The number of hydrogen-bond donors (Lipinski definition) is 14. The Morgan fingerprint density at radius 3 is 1.67 bits per heavy atom. The summed E-state index contributed by atoms with van der Waals surface area (Å²) in [5, 5.41) is 35.3. The van der Waals surface area contributed by atoms with Gasteiger partial charge in [-0.15, -0.1) is 0 Å². The number of rotatable bonds is 24. The molecule has 1 aliphatic heterocycles. The monoisotopic (exact) mass is 1100 g/mol. The van der Waals surface area contributed by atoms with Crippen LogP contribution in [0, 0.1) is 11.8 Å². The first kappa shape index (κ1) is 65.0. The standard InChI is InChI=1S/C56H89N13O10/c1-4-5-6-7-11-18-39(70)33-47(71)62-40(19-24-57)49(72)66-44-23-28-61-56(79)48(38-31-36-16-12-13-17-37(36)32-38)69-53(76)43(22-27-60)64-50(73)41(20-25-58)65-54(77)45(29-34(2)3)67-55(78)46(30-35-14-9-8-10-15-35)68-51(74)42(21-26-59)63-52(44)75/h8-10,12-17,34,38-46,48,70H,4-7,11,18-33,57-60H2,1-3H3,(H,61,79)(H,62,71)(H,63,75)(H,64,73)(H,65,77)(H,66,72)(H,67,78)(H,68,74)(H,69,76)/t39-,40-,41+,42+,43+,44+,45+,46-,48+/m1/s1. The number of hydrogen-bond acceptors (Lipinski definition) is 14. The van der Waals surface area contributed by atoms with Gasteiger partial charge in [0.25, 0.3) is 0 Å². The van der Waals surface area contributed by atoms with E-state index in [1.807, 2.05) is 38.1 Å². The number of aliphatic hydroxyl groups excluding tert-OH is 1. The van der Waals surface area contributed by atoms with Crippen molar-refractivity contribution in [1.82, 2.24) is 47.9 Å². The van der Waals surface area contributed by atoms with Crippen LogP contribution >= 0.6 is 0 Å². The Morgan fingerprint density at radius 2 is 1.11 bits per heavy atom. The summed E-state index contributed by atoms with van der Waals surface area (Å²) in [6.07, 6.45) is 4.18. The molecule has 9 atom stereocenters. The van der Waals surface area contributed by atoms with E-state index in [0.29, 0.717) is 24.8 Å². The lowest BCUT2D eigenvalue weighted by Gasteiger charge is -2.29. The van der Waals surface area contributed by atoms with Gasteiger partial charge in [0.2, 0.25) is 53.2 Å². The molecule has 79 heavy (non-hydrogen) atoms. The number of nitrogens with one attached hydrogen (secondary N) is 9. The third-order valence-corrected chi connectivity index (χ3v) is 14.2. The molecule has 0 unspecified atom stereocenters. The van der Waals surface area contributed by atoms with Crippen molar-refractivity contribution in [2.24, 2.45) is 34.8 Å². The minimum absolute atomic E-state index is 0.0487. The van der Waals surface area contributed by atoms with Crippen LogP contribution in [0.4, 0.5) is 0 Å². The second-order valence-corrected chi connectivity index (χ2v) is 21.2. The Balaban J connectivity index is 1.76. The fourth-order valence-corrected chi connectivity index (χ4v) is 9.89. The zero-order chi connectivity index (χ0) is 57.9. The van der Waals surface area contributed by atoms with Crippen molar-refractivity contribution in [3.8, 4) is 0 Å². The van der Waals surface area contributed by atoms with Gasteiger partial charge in [-0.2, -0.15) is 0 Å². The minimum Gasteiger partial charge on any atom is -0.393 e. The summed E-state index contributed by atoms with van der Waals surface area (Å²) < 4.78 is 0. The Labute approximate surface area is 464 Å². The second-order valence-electron chi connectivity index (χ2n) is 21.2. The van der Waals surface area contributed by atoms with Crippen LogP contribution in [-0.2, 0) is 62.4 Å². The van der Waals surface area contributed by atoms with Gasteiger partial charge in [0, 0.05) is 13.0 Å². The molecule has 1 fully saturated rings. The van der Waals surface area contributed by atoms with E-state index in [0.717, 1.165) is 43.2 Å². The number of fused-ring (bicyclic) bond motifs is 1. The first-order valence-corrected chi connectivity index (χ1v) is 28.2. The Bertz CT molecular complexity index is 2280.